The predicted molar refractivity (Wildman–Crippen MR) is 92.3 cm³/mol. The lowest BCUT2D eigenvalue weighted by Gasteiger charge is -2.19. The smallest absolute Gasteiger partial charge is 0.191 e. The van der Waals surface area contributed by atoms with Gasteiger partial charge in [0.15, 0.2) is 5.96 Å². The van der Waals surface area contributed by atoms with Crippen LogP contribution in [0.4, 0.5) is 4.39 Å². The van der Waals surface area contributed by atoms with Gasteiger partial charge in [-0.15, -0.1) is 0 Å². The van der Waals surface area contributed by atoms with E-state index >= 15 is 0 Å². The Morgan fingerprint density at radius 2 is 2.13 bits per heavy atom. The Hall–Kier alpha value is -1.62. The van der Waals surface area contributed by atoms with Crippen LogP contribution in [0, 0.1) is 11.7 Å². The van der Waals surface area contributed by atoms with Crippen molar-refractivity contribution in [3.05, 3.63) is 35.6 Å². The Morgan fingerprint density at radius 3 is 2.74 bits per heavy atom. The third-order valence-corrected chi connectivity index (χ3v) is 4.10. The molecule has 23 heavy (non-hydrogen) atoms. The molecule has 0 atom stereocenters. The van der Waals surface area contributed by atoms with Crippen molar-refractivity contribution in [3.8, 4) is 0 Å². The van der Waals surface area contributed by atoms with Crippen LogP contribution in [-0.4, -0.2) is 39.3 Å². The summed E-state index contributed by atoms with van der Waals surface area (Å²) in [6.07, 6.45) is 2.16. The van der Waals surface area contributed by atoms with Gasteiger partial charge in [0.25, 0.3) is 0 Å². The Morgan fingerprint density at radius 1 is 1.35 bits per heavy atom. The average molecular weight is 321 g/mol. The van der Waals surface area contributed by atoms with E-state index in [1.165, 1.54) is 6.07 Å². The third-order valence-electron chi connectivity index (χ3n) is 4.10. The quantitative estimate of drug-likeness (QED) is 0.440. The molecule has 1 aromatic carbocycles. The van der Waals surface area contributed by atoms with E-state index in [1.54, 1.807) is 19.2 Å². The number of halogens is 1. The first-order valence-corrected chi connectivity index (χ1v) is 8.34. The lowest BCUT2D eigenvalue weighted by atomic mass is 9.96. The fourth-order valence-electron chi connectivity index (χ4n) is 2.57. The van der Waals surface area contributed by atoms with Crippen LogP contribution in [-0.2, 0) is 10.2 Å². The van der Waals surface area contributed by atoms with Gasteiger partial charge in [0.1, 0.15) is 5.82 Å². The van der Waals surface area contributed by atoms with Gasteiger partial charge in [-0.05, 0) is 36.5 Å². The molecule has 0 saturated heterocycles. The molecule has 4 nitrogen and oxygen atoms in total. The highest BCUT2D eigenvalue weighted by molar-refractivity contribution is 5.79. The molecule has 1 aliphatic rings. The summed E-state index contributed by atoms with van der Waals surface area (Å²) in [4.78, 5) is 4.23. The van der Waals surface area contributed by atoms with Gasteiger partial charge in [0, 0.05) is 32.2 Å². The largest absolute Gasteiger partial charge is 0.379 e. The fourth-order valence-corrected chi connectivity index (χ4v) is 2.57. The maximum absolute atomic E-state index is 13.4. The van der Waals surface area contributed by atoms with Crippen LogP contribution in [0.25, 0.3) is 0 Å². The number of benzene rings is 1. The van der Waals surface area contributed by atoms with Crippen molar-refractivity contribution in [2.24, 2.45) is 10.9 Å². The van der Waals surface area contributed by atoms with Crippen molar-refractivity contribution in [3.63, 3.8) is 0 Å². The minimum Gasteiger partial charge on any atom is -0.379 e. The van der Waals surface area contributed by atoms with Crippen LogP contribution < -0.4 is 10.6 Å². The van der Waals surface area contributed by atoms with E-state index in [0.29, 0.717) is 12.5 Å². The SMILES string of the molecule is CN=C(NCCOCC(C)C)NCC1(c2cccc(F)c2)CC1. The Bertz CT molecular complexity index is 527. The first-order chi connectivity index (χ1) is 11.1. The molecule has 2 rings (SSSR count). The average Bonchev–Trinajstić information content (AvgIpc) is 3.31. The van der Waals surface area contributed by atoms with Crippen LogP contribution in [0.15, 0.2) is 29.3 Å². The van der Waals surface area contributed by atoms with E-state index in [-0.39, 0.29) is 11.2 Å². The van der Waals surface area contributed by atoms with Crippen molar-refractivity contribution in [2.75, 3.05) is 33.4 Å². The number of hydrogen-bond donors (Lipinski definition) is 2. The maximum Gasteiger partial charge on any atom is 0.191 e. The second-order valence-electron chi connectivity index (χ2n) is 6.61. The summed E-state index contributed by atoms with van der Waals surface area (Å²) in [5.74, 6) is 1.15. The number of nitrogens with one attached hydrogen (secondary N) is 2. The number of nitrogens with zero attached hydrogens (tertiary/aromatic N) is 1. The molecule has 0 aromatic heterocycles. The maximum atomic E-state index is 13.4. The molecule has 0 amide bonds. The van der Waals surface area contributed by atoms with E-state index in [1.807, 2.05) is 6.07 Å². The standard InChI is InChI=1S/C18H28FN3O/c1-14(2)12-23-10-9-21-17(20-3)22-13-18(7-8-18)15-5-4-6-16(19)11-15/h4-6,11,14H,7-10,12-13H2,1-3H3,(H2,20,21,22). The van der Waals surface area contributed by atoms with E-state index < -0.39 is 0 Å². The molecule has 0 spiro atoms. The second kappa shape index (κ2) is 8.29. The summed E-state index contributed by atoms with van der Waals surface area (Å²) < 4.78 is 19.0. The Labute approximate surface area is 138 Å². The van der Waals surface area contributed by atoms with Gasteiger partial charge in [0.2, 0.25) is 0 Å². The zero-order chi connectivity index (χ0) is 16.7. The summed E-state index contributed by atoms with van der Waals surface area (Å²) in [6.45, 7) is 7.19. The zero-order valence-electron chi connectivity index (χ0n) is 14.4. The molecule has 5 heteroatoms. The first kappa shape index (κ1) is 17.7. The number of hydrogen-bond acceptors (Lipinski definition) is 2. The minimum atomic E-state index is -0.168. The minimum absolute atomic E-state index is 0.0495. The zero-order valence-corrected chi connectivity index (χ0v) is 14.4. The number of ether oxygens (including phenoxy) is 1. The molecule has 0 radical (unpaired) electrons. The molecule has 1 aromatic rings. The van der Waals surface area contributed by atoms with Gasteiger partial charge in [-0.1, -0.05) is 26.0 Å². The van der Waals surface area contributed by atoms with Crippen molar-refractivity contribution < 1.29 is 9.13 Å². The predicted octanol–water partition coefficient (Wildman–Crippen LogP) is 2.69. The van der Waals surface area contributed by atoms with E-state index in [9.17, 15) is 4.39 Å². The molecule has 1 fully saturated rings. The summed E-state index contributed by atoms with van der Waals surface area (Å²) in [5, 5.41) is 6.60. The highest BCUT2D eigenvalue weighted by Crippen LogP contribution is 2.47. The number of guanidine groups is 1. The molecule has 1 saturated carbocycles. The van der Waals surface area contributed by atoms with Crippen LogP contribution in [0.2, 0.25) is 0 Å². The highest BCUT2D eigenvalue weighted by Gasteiger charge is 2.44. The summed E-state index contributed by atoms with van der Waals surface area (Å²) in [7, 11) is 1.76. The van der Waals surface area contributed by atoms with Crippen molar-refractivity contribution in [1.29, 1.82) is 0 Å². The van der Waals surface area contributed by atoms with Crippen molar-refractivity contribution in [1.82, 2.24) is 10.6 Å². The summed E-state index contributed by atoms with van der Waals surface area (Å²) in [5.41, 5.74) is 1.12. The van der Waals surface area contributed by atoms with Crippen molar-refractivity contribution >= 4 is 5.96 Å². The lowest BCUT2D eigenvalue weighted by Crippen LogP contribution is -2.42. The molecule has 2 N–H and O–H groups in total. The number of rotatable bonds is 8. The van der Waals surface area contributed by atoms with Gasteiger partial charge in [-0.2, -0.15) is 0 Å². The topological polar surface area (TPSA) is 45.7 Å². The second-order valence-corrected chi connectivity index (χ2v) is 6.61. The van der Waals surface area contributed by atoms with E-state index in [2.05, 4.69) is 29.5 Å². The highest BCUT2D eigenvalue weighted by atomic mass is 19.1. The van der Waals surface area contributed by atoms with Gasteiger partial charge < -0.3 is 15.4 Å². The summed E-state index contributed by atoms with van der Waals surface area (Å²) >= 11 is 0. The van der Waals surface area contributed by atoms with Gasteiger partial charge in [-0.3, -0.25) is 4.99 Å². The van der Waals surface area contributed by atoms with E-state index in [4.69, 9.17) is 4.74 Å². The molecule has 0 unspecified atom stereocenters. The summed E-state index contributed by atoms with van der Waals surface area (Å²) in [6, 6.07) is 6.92. The molecular formula is C18H28FN3O. The van der Waals surface area contributed by atoms with Crippen LogP contribution >= 0.6 is 0 Å². The van der Waals surface area contributed by atoms with Gasteiger partial charge in [0.05, 0.1) is 6.61 Å². The molecule has 0 aliphatic heterocycles. The molecular weight excluding hydrogens is 293 g/mol. The Kier molecular flexibility index (Phi) is 6.39. The molecule has 0 heterocycles. The van der Waals surface area contributed by atoms with Crippen LogP contribution in [0.5, 0.6) is 0 Å². The fraction of sp³-hybridized carbons (Fsp3) is 0.611. The molecule has 1 aliphatic carbocycles. The molecule has 128 valence electrons. The number of aliphatic imine (C=N–C) groups is 1. The Balaban J connectivity index is 1.75. The monoisotopic (exact) mass is 321 g/mol. The van der Waals surface area contributed by atoms with Crippen molar-refractivity contribution in [2.45, 2.75) is 32.1 Å². The van der Waals surface area contributed by atoms with Gasteiger partial charge in [-0.25, -0.2) is 4.39 Å². The molecule has 0 bridgehead atoms. The third kappa shape index (κ3) is 5.50. The normalized spacial score (nSPS) is 16.5. The first-order valence-electron chi connectivity index (χ1n) is 8.34. The van der Waals surface area contributed by atoms with Crippen LogP contribution in [0.1, 0.15) is 32.3 Å². The lowest BCUT2D eigenvalue weighted by molar-refractivity contribution is 0.114. The van der Waals surface area contributed by atoms with Crippen LogP contribution in [0.3, 0.4) is 0 Å². The van der Waals surface area contributed by atoms with E-state index in [0.717, 1.165) is 44.1 Å². The van der Waals surface area contributed by atoms with Gasteiger partial charge >= 0.3 is 0 Å².